The van der Waals surface area contributed by atoms with Crippen molar-refractivity contribution >= 4 is 5.91 Å². The number of hydrogen-bond acceptors (Lipinski definition) is 2. The van der Waals surface area contributed by atoms with Crippen molar-refractivity contribution in [3.05, 3.63) is 53.1 Å². The summed E-state index contributed by atoms with van der Waals surface area (Å²) < 4.78 is 14.5. The first-order chi connectivity index (χ1) is 10.2. The van der Waals surface area contributed by atoms with E-state index in [0.29, 0.717) is 6.54 Å². The lowest BCUT2D eigenvalue weighted by molar-refractivity contribution is -0.122. The van der Waals surface area contributed by atoms with E-state index in [1.54, 1.807) is 16.8 Å². The van der Waals surface area contributed by atoms with Crippen LogP contribution in [0.15, 0.2) is 30.5 Å². The van der Waals surface area contributed by atoms with Crippen molar-refractivity contribution in [2.75, 3.05) is 0 Å². The van der Waals surface area contributed by atoms with E-state index in [0.717, 1.165) is 24.1 Å². The minimum absolute atomic E-state index is 0.0841. The summed E-state index contributed by atoms with van der Waals surface area (Å²) >= 11 is 0. The van der Waals surface area contributed by atoms with E-state index < -0.39 is 0 Å². The number of carbonyl (C=O) groups is 1. The summed E-state index contributed by atoms with van der Waals surface area (Å²) in [5.74, 6) is -0.355. The van der Waals surface area contributed by atoms with Gasteiger partial charge in [-0.05, 0) is 48.9 Å². The van der Waals surface area contributed by atoms with Crippen LogP contribution in [0.1, 0.15) is 29.7 Å². The number of aryl methyl sites for hydroxylation is 2. The molecule has 0 spiro atoms. The highest BCUT2D eigenvalue weighted by atomic mass is 19.1. The van der Waals surface area contributed by atoms with Crippen molar-refractivity contribution < 1.29 is 9.18 Å². The number of benzene rings is 1. The Labute approximate surface area is 123 Å². The second-order valence-corrected chi connectivity index (χ2v) is 5.41. The van der Waals surface area contributed by atoms with E-state index in [4.69, 9.17) is 0 Å². The molecule has 0 bridgehead atoms. The molecule has 0 aliphatic heterocycles. The fourth-order valence-electron chi connectivity index (χ4n) is 2.62. The minimum Gasteiger partial charge on any atom is -0.350 e. The Morgan fingerprint density at radius 3 is 2.76 bits per heavy atom. The Hall–Kier alpha value is -2.17. The van der Waals surface area contributed by atoms with Crippen molar-refractivity contribution in [1.82, 2.24) is 15.1 Å². The molecule has 0 unspecified atom stereocenters. The van der Waals surface area contributed by atoms with Gasteiger partial charge in [0.25, 0.3) is 0 Å². The molecule has 1 aliphatic rings. The normalized spacial score (nSPS) is 13.8. The molecule has 1 N–H and O–H groups in total. The average Bonchev–Trinajstić information content (AvgIpc) is 2.88. The summed E-state index contributed by atoms with van der Waals surface area (Å²) in [6, 6.07) is 6.12. The molecule has 2 aromatic rings. The van der Waals surface area contributed by atoms with E-state index in [1.807, 2.05) is 6.20 Å². The van der Waals surface area contributed by atoms with Gasteiger partial charge in [0.1, 0.15) is 12.4 Å². The summed E-state index contributed by atoms with van der Waals surface area (Å²) in [6.07, 6.45) is 6.44. The fourth-order valence-corrected chi connectivity index (χ4v) is 2.62. The van der Waals surface area contributed by atoms with E-state index >= 15 is 0 Å². The molecule has 21 heavy (non-hydrogen) atoms. The van der Waals surface area contributed by atoms with Crippen molar-refractivity contribution in [2.24, 2.45) is 0 Å². The van der Waals surface area contributed by atoms with Gasteiger partial charge >= 0.3 is 0 Å². The maximum absolute atomic E-state index is 12.8. The molecular formula is C16H18FN3O. The number of aromatic nitrogens is 2. The molecule has 1 aromatic heterocycles. The Morgan fingerprint density at radius 2 is 2.00 bits per heavy atom. The molecule has 0 fully saturated rings. The van der Waals surface area contributed by atoms with Crippen molar-refractivity contribution in [1.29, 1.82) is 0 Å². The van der Waals surface area contributed by atoms with Gasteiger partial charge in [-0.3, -0.25) is 9.48 Å². The van der Waals surface area contributed by atoms with Crippen LogP contribution in [0, 0.1) is 5.82 Å². The van der Waals surface area contributed by atoms with Crippen LogP contribution in [0.5, 0.6) is 0 Å². The number of hydrogen-bond donors (Lipinski definition) is 1. The van der Waals surface area contributed by atoms with Crippen molar-refractivity contribution in [3.8, 4) is 0 Å². The Bertz CT molecular complexity index is 610. The van der Waals surface area contributed by atoms with Gasteiger partial charge in [-0.2, -0.15) is 5.10 Å². The fraction of sp³-hybridized carbons (Fsp3) is 0.375. The van der Waals surface area contributed by atoms with Gasteiger partial charge in [-0.1, -0.05) is 12.1 Å². The van der Waals surface area contributed by atoms with Crippen LogP contribution in [0.2, 0.25) is 0 Å². The molecule has 0 saturated heterocycles. The molecular weight excluding hydrogens is 269 g/mol. The van der Waals surface area contributed by atoms with Gasteiger partial charge in [0.05, 0.1) is 5.69 Å². The zero-order valence-electron chi connectivity index (χ0n) is 11.8. The second-order valence-electron chi connectivity index (χ2n) is 5.41. The number of nitrogens with one attached hydrogen (secondary N) is 1. The monoisotopic (exact) mass is 287 g/mol. The predicted octanol–water partition coefficient (Wildman–Crippen LogP) is 2.22. The van der Waals surface area contributed by atoms with Gasteiger partial charge in [0, 0.05) is 12.7 Å². The van der Waals surface area contributed by atoms with Crippen LogP contribution in [0.3, 0.4) is 0 Å². The molecule has 3 rings (SSSR count). The molecule has 1 aromatic carbocycles. The molecule has 0 radical (unpaired) electrons. The smallest absolute Gasteiger partial charge is 0.241 e. The number of amides is 1. The van der Waals surface area contributed by atoms with Crippen molar-refractivity contribution in [3.63, 3.8) is 0 Å². The third-order valence-corrected chi connectivity index (χ3v) is 3.74. The molecule has 0 atom stereocenters. The molecule has 1 aliphatic carbocycles. The number of carbonyl (C=O) groups excluding carboxylic acids is 1. The van der Waals surface area contributed by atoms with E-state index in [1.165, 1.54) is 30.5 Å². The summed E-state index contributed by atoms with van der Waals surface area (Å²) in [7, 11) is 0. The lowest BCUT2D eigenvalue weighted by atomic mass is 9.99. The van der Waals surface area contributed by atoms with Crippen LogP contribution in [-0.2, 0) is 30.7 Å². The Morgan fingerprint density at radius 1 is 1.24 bits per heavy atom. The largest absolute Gasteiger partial charge is 0.350 e. The number of fused-ring (bicyclic) bond motifs is 1. The maximum Gasteiger partial charge on any atom is 0.241 e. The van der Waals surface area contributed by atoms with Gasteiger partial charge in [0.2, 0.25) is 5.91 Å². The zero-order chi connectivity index (χ0) is 14.7. The SMILES string of the molecule is O=C(Cn1cc2c(n1)CCCC2)NCc1ccc(F)cc1. The Balaban J connectivity index is 1.54. The third kappa shape index (κ3) is 3.48. The van der Waals surface area contributed by atoms with Crippen LogP contribution < -0.4 is 5.32 Å². The van der Waals surface area contributed by atoms with Crippen LogP contribution in [0.25, 0.3) is 0 Å². The first-order valence-corrected chi connectivity index (χ1v) is 7.27. The first-order valence-electron chi connectivity index (χ1n) is 7.27. The lowest BCUT2D eigenvalue weighted by Gasteiger charge is -2.06. The molecule has 4 nitrogen and oxygen atoms in total. The van der Waals surface area contributed by atoms with Gasteiger partial charge in [-0.25, -0.2) is 4.39 Å². The highest BCUT2D eigenvalue weighted by Gasteiger charge is 2.14. The minimum atomic E-state index is -0.271. The number of rotatable bonds is 4. The molecule has 110 valence electrons. The Kier molecular flexibility index (Phi) is 3.99. The van der Waals surface area contributed by atoms with Crippen molar-refractivity contribution in [2.45, 2.75) is 38.8 Å². The summed E-state index contributed by atoms with van der Waals surface area (Å²) in [4.78, 5) is 11.9. The number of nitrogens with zero attached hydrogens (tertiary/aromatic N) is 2. The molecule has 1 amide bonds. The summed E-state index contributed by atoms with van der Waals surface area (Å²) in [5.41, 5.74) is 3.28. The average molecular weight is 287 g/mol. The molecule has 0 saturated carbocycles. The van der Waals surface area contributed by atoms with Crippen LogP contribution >= 0.6 is 0 Å². The van der Waals surface area contributed by atoms with Crippen LogP contribution in [-0.4, -0.2) is 15.7 Å². The zero-order valence-corrected chi connectivity index (χ0v) is 11.8. The van der Waals surface area contributed by atoms with E-state index in [9.17, 15) is 9.18 Å². The highest BCUT2D eigenvalue weighted by Crippen LogP contribution is 2.19. The summed E-state index contributed by atoms with van der Waals surface area (Å²) in [6.45, 7) is 0.633. The van der Waals surface area contributed by atoms with Gasteiger partial charge in [0.15, 0.2) is 0 Å². The second kappa shape index (κ2) is 6.08. The molecule has 5 heteroatoms. The standard InChI is InChI=1S/C16H18FN3O/c17-14-7-5-12(6-8-14)9-18-16(21)11-20-10-13-3-1-2-4-15(13)19-20/h5-8,10H,1-4,9,11H2,(H,18,21). The quantitative estimate of drug-likeness (QED) is 0.937. The lowest BCUT2D eigenvalue weighted by Crippen LogP contribution is -2.27. The first kappa shape index (κ1) is 13.8. The van der Waals surface area contributed by atoms with E-state index in [-0.39, 0.29) is 18.3 Å². The molecule has 1 heterocycles. The highest BCUT2D eigenvalue weighted by molar-refractivity contribution is 5.75. The topological polar surface area (TPSA) is 46.9 Å². The van der Waals surface area contributed by atoms with Gasteiger partial charge < -0.3 is 5.32 Å². The summed E-state index contributed by atoms with van der Waals surface area (Å²) in [5, 5.41) is 7.29. The van der Waals surface area contributed by atoms with E-state index in [2.05, 4.69) is 10.4 Å². The predicted molar refractivity (Wildman–Crippen MR) is 77.1 cm³/mol. The van der Waals surface area contributed by atoms with Crippen LogP contribution in [0.4, 0.5) is 4.39 Å². The third-order valence-electron chi connectivity index (χ3n) is 3.74. The maximum atomic E-state index is 12.8. The number of halogens is 1. The van der Waals surface area contributed by atoms with Gasteiger partial charge in [-0.15, -0.1) is 0 Å².